The van der Waals surface area contributed by atoms with Gasteiger partial charge in [0.15, 0.2) is 5.82 Å². The predicted molar refractivity (Wildman–Crippen MR) is 455 cm³/mol. The van der Waals surface area contributed by atoms with Crippen molar-refractivity contribution in [2.24, 2.45) is 4.30 Å². The standard InChI is InChI=1S/C20H17N5O2.2C15H9N5.C10H6N2.2C5H5N3.C4H5ClN2.C4H6N2O.C3H4O.C2H3N.CH4.BHNS/c1-20(2,3)27-19(26)24-18-15(12-22)17(13-7-5-4-6-8-13)14(11-21)16-9-10-23-25(16)18;2*16-8-11-13-6-7-19-20(13)15(18)12(9-17)14(11)10-4-2-1-3-5-10;1-12-10(8-11)7-9-5-3-2-4-6-9;2*6-3-1-5-2-4-7-8-5;5-3-4-1-2-6-7-4;7-3-4-1-2-5-6-4;1-2-3-4;1-2-3;;1-2-3/h4-10H,1-3H3,(H,24,26);2*1-7H,18H2;2-7H;2*2,4H,1H2,(H,7,8);1-2H,3H2,(H,6,7);1-2,7H,3H2,(H,5,6);1,4H,3H2;1H3;1H4;3H/b;;;10-7+;;;;;;;;. The molecule has 0 fully saturated rings. The summed E-state index contributed by atoms with van der Waals surface area (Å²) in [4.78, 5) is 15.4. The Bertz CT molecular complexity index is 5880. The number of amides is 1. The Balaban J connectivity index is 0.000000363. The number of allylic oxidation sites excluding steroid dienone is 1. The van der Waals surface area contributed by atoms with Crippen LogP contribution in [0.5, 0.6) is 0 Å². The number of terminal acetylenes is 1. The van der Waals surface area contributed by atoms with E-state index in [4.69, 9.17) is 65.6 Å². The first kappa shape index (κ1) is 97.0. The molecule has 120 heavy (non-hydrogen) atoms. The van der Waals surface area contributed by atoms with Gasteiger partial charge in [-0.05, 0) is 91.6 Å². The number of anilines is 3. The molecule has 0 aliphatic carbocycles. The molecule has 4 aromatic carbocycles. The first-order valence-corrected chi connectivity index (χ1v) is 35.1. The first-order valence-electron chi connectivity index (χ1n) is 34.2. The van der Waals surface area contributed by atoms with Crippen LogP contribution in [0.25, 0.3) is 60.9 Å². The third kappa shape index (κ3) is 29.4. The molecule has 595 valence electrons. The number of nitrogens with two attached hydrogens (primary N) is 2. The number of hydrogen-bond acceptors (Lipinski definition) is 25. The van der Waals surface area contributed by atoms with Gasteiger partial charge in [0.05, 0.1) is 114 Å². The van der Waals surface area contributed by atoms with Gasteiger partial charge < -0.3 is 26.4 Å². The number of hydrogen-bond donors (Lipinski definition) is 10. The van der Waals surface area contributed by atoms with Gasteiger partial charge in [0.2, 0.25) is 0 Å². The molecule has 0 aliphatic heterocycles. The van der Waals surface area contributed by atoms with Gasteiger partial charge in [0.1, 0.15) is 76.9 Å². The second-order valence-electron chi connectivity index (χ2n) is 23.4. The predicted octanol–water partition coefficient (Wildman–Crippen LogP) is 14.2. The molecule has 0 spiro atoms. The maximum atomic E-state index is 12.3. The normalized spacial score (nSPS) is 9.34. The summed E-state index contributed by atoms with van der Waals surface area (Å²) in [5, 5.41) is 145. The van der Waals surface area contributed by atoms with Crippen molar-refractivity contribution < 1.29 is 19.7 Å². The van der Waals surface area contributed by atoms with Crippen molar-refractivity contribution in [1.29, 1.82) is 52.6 Å². The van der Waals surface area contributed by atoms with Gasteiger partial charge in [0, 0.05) is 65.5 Å². The molecule has 11 N–H and O–H groups in total. The Kier molecular flexibility index (Phi) is 43.4. The quantitative estimate of drug-likeness (QED) is 0.0160. The second kappa shape index (κ2) is 53.7. The average molecular weight is 1630 g/mol. The minimum Gasteiger partial charge on any atom is -0.227 e. The van der Waals surface area contributed by atoms with Crippen molar-refractivity contribution in [3.05, 3.63) is 286 Å². The molecule has 0 unspecified atom stereocenters. The smallest absolute Gasteiger partial charge is 0.227 e. The number of carbonyl (C=O) groups is 1. The largest absolute Gasteiger partial charge is 0.262 e. The molecule has 33 nitrogen and oxygen atoms in total. The van der Waals surface area contributed by atoms with Crippen LogP contribution in [0, 0.1) is 132 Å². The van der Waals surface area contributed by atoms with Crippen molar-refractivity contribution >= 4 is 78.2 Å². The zero-order valence-corrected chi connectivity index (χ0v) is 65.6. The fourth-order valence-corrected chi connectivity index (χ4v) is 9.98. The summed E-state index contributed by atoms with van der Waals surface area (Å²) in [6, 6.07) is 69.5. The summed E-state index contributed by atoms with van der Waals surface area (Å²) in [5.74, 6) is 3.14. The van der Waals surface area contributed by atoms with E-state index < -0.39 is 11.7 Å². The van der Waals surface area contributed by atoms with Crippen LogP contribution in [0.4, 0.5) is 22.2 Å². The molecule has 1 radical (unpaired) electrons. The fourth-order valence-electron chi connectivity index (χ4n) is 9.83. The number of thiol groups is 1. The number of aromatic nitrogens is 14. The zero-order chi connectivity index (χ0) is 87.3. The van der Waals surface area contributed by atoms with Crippen LogP contribution in [-0.2, 0) is 30.1 Å². The zero-order valence-electron chi connectivity index (χ0n) is 63.9. The number of aromatic amines is 4. The van der Waals surface area contributed by atoms with Crippen LogP contribution >= 0.6 is 24.4 Å². The second-order valence-corrected chi connectivity index (χ2v) is 23.9. The van der Waals surface area contributed by atoms with Gasteiger partial charge in [-0.2, -0.15) is 83.0 Å². The number of pyridine rings is 3. The van der Waals surface area contributed by atoms with E-state index in [-0.39, 0.29) is 60.5 Å². The van der Waals surface area contributed by atoms with Gasteiger partial charge in [-0.25, -0.2) is 28.4 Å². The molecule has 0 saturated carbocycles. The number of fused-ring (bicyclic) bond motifs is 3. The van der Waals surface area contributed by atoms with E-state index in [1.54, 1.807) is 119 Å². The van der Waals surface area contributed by atoms with Crippen LogP contribution in [0.1, 0.15) is 96.8 Å². The summed E-state index contributed by atoms with van der Waals surface area (Å²) in [6.45, 7) is 13.2. The monoisotopic (exact) mass is 1630 g/mol. The van der Waals surface area contributed by atoms with Crippen molar-refractivity contribution in [1.82, 2.24) is 69.6 Å². The number of H-pyrrole nitrogens is 4. The van der Waals surface area contributed by atoms with E-state index in [0.29, 0.717) is 74.2 Å². The van der Waals surface area contributed by atoms with E-state index in [1.165, 1.54) is 26.7 Å². The number of alkyl halides is 1. The SMILES string of the molecule is C.C#CCO.CC#N.CC(C)(C)OC(=O)Nc1c(C#N)c(-c2ccccc2)c(C#N)c2ccnn12.ClCc1ccn[nH]1.N#CCc1ccn[nH]1.N#CCc1ccn[nH]1.N#Cc1c(-c2ccccc2)c(C#N)c2ccnn2c1N.N#Cc1c(-c2ccccc2)c(C#N)c2ccnn2c1N.OCc1ccn[nH]1.[B]=NS.[C-]#[N+]/C(C#N)=C/c1ccccc1. The van der Waals surface area contributed by atoms with Gasteiger partial charge in [-0.3, -0.25) is 25.7 Å². The minimum atomic E-state index is -0.709. The molecular formula is C84H74BClN29O4S. The van der Waals surface area contributed by atoms with Crippen molar-refractivity contribution in [2.75, 3.05) is 23.4 Å². The number of nitriles is 10. The maximum Gasteiger partial charge on any atom is 0.262 e. The van der Waals surface area contributed by atoms with E-state index in [2.05, 4.69) is 134 Å². The van der Waals surface area contributed by atoms with E-state index in [1.807, 2.05) is 139 Å². The maximum absolute atomic E-state index is 12.3. The minimum absolute atomic E-state index is 0. The molecule has 0 saturated heterocycles. The van der Waals surface area contributed by atoms with E-state index in [9.17, 15) is 36.4 Å². The number of aliphatic hydroxyl groups is 2. The summed E-state index contributed by atoms with van der Waals surface area (Å²) in [5.41, 5.74) is 23.1. The topological polar surface area (TPSA) is 552 Å². The van der Waals surface area contributed by atoms with Gasteiger partial charge in [-0.1, -0.05) is 135 Å². The van der Waals surface area contributed by atoms with E-state index >= 15 is 0 Å². The number of nitrogens with one attached hydrogen (secondary N) is 5. The fraction of sp³-hybridized carbons (Fsp3) is 0.131. The van der Waals surface area contributed by atoms with Crippen LogP contribution in [0.3, 0.4) is 0 Å². The van der Waals surface area contributed by atoms with Gasteiger partial charge >= 0.3 is 30.8 Å². The van der Waals surface area contributed by atoms with Gasteiger partial charge in [0.25, 0.3) is 5.70 Å². The number of nitrogen functional groups attached to an aromatic ring is 2. The first-order chi connectivity index (χ1) is 57.7. The molecule has 14 rings (SSSR count). The number of nitrogens with zero attached hydrogens (tertiary/aromatic N) is 22. The summed E-state index contributed by atoms with van der Waals surface area (Å²) in [7, 11) is 4.34. The molecule has 0 aliphatic rings. The molecule has 1 amide bonds. The molecule has 10 aromatic heterocycles. The summed E-state index contributed by atoms with van der Waals surface area (Å²) < 4.78 is 12.2. The van der Waals surface area contributed by atoms with Crippen LogP contribution in [-0.4, -0.2) is 106 Å². The number of ether oxygens (including phenoxy) is 1. The number of carbonyl (C=O) groups excluding carboxylic acids is 1. The van der Waals surface area contributed by atoms with Crippen LogP contribution in [0.2, 0.25) is 0 Å². The number of rotatable bonds is 9. The Morgan fingerprint density at radius 3 is 1.17 bits per heavy atom. The van der Waals surface area contributed by atoms with Gasteiger partial charge in [-0.15, -0.1) is 18.0 Å². The van der Waals surface area contributed by atoms with E-state index in [0.717, 1.165) is 39.5 Å². The molecule has 14 aromatic rings. The number of aliphatic hydroxyl groups excluding tert-OH is 2. The molecule has 36 heteroatoms. The average Bonchev–Trinajstić information content (AvgIpc) is 1.54. The summed E-state index contributed by atoms with van der Waals surface area (Å²) >= 11 is 8.59. The Morgan fingerprint density at radius 1 is 0.567 bits per heavy atom. The third-order valence-electron chi connectivity index (χ3n) is 14.6. The van der Waals surface area contributed by atoms with Crippen molar-refractivity contribution in [2.45, 2.75) is 66.1 Å². The third-order valence-corrected chi connectivity index (χ3v) is 14.9. The molecule has 0 bridgehead atoms. The summed E-state index contributed by atoms with van der Waals surface area (Å²) in [6.07, 6.45) is 17.4. The Labute approximate surface area is 702 Å². The Morgan fingerprint density at radius 2 is 0.892 bits per heavy atom. The number of halogens is 1. The molecule has 10 heterocycles. The van der Waals surface area contributed by atoms with Crippen LogP contribution in [0.15, 0.2) is 217 Å². The number of benzene rings is 4. The molecular weight excluding hydrogens is 1560 g/mol. The molecule has 0 atom stereocenters. The Hall–Kier alpha value is -17.2. The van der Waals surface area contributed by atoms with Crippen molar-refractivity contribution in [3.8, 4) is 106 Å². The van der Waals surface area contributed by atoms with Crippen molar-refractivity contribution in [3.63, 3.8) is 0 Å². The van der Waals surface area contributed by atoms with Crippen LogP contribution < -0.4 is 16.8 Å².